The third-order valence-corrected chi connectivity index (χ3v) is 4.55. The van der Waals surface area contributed by atoms with Crippen LogP contribution in [0.25, 0.3) is 0 Å². The molecular weight excluding hydrogens is 358 g/mol. The van der Waals surface area contributed by atoms with Gasteiger partial charge >= 0.3 is 5.69 Å². The summed E-state index contributed by atoms with van der Waals surface area (Å²) in [5, 5.41) is 15.4. The molecule has 144 valence electrons. The molecule has 28 heavy (non-hydrogen) atoms. The third-order valence-electron chi connectivity index (χ3n) is 4.55. The molecule has 8 nitrogen and oxygen atoms in total. The molecule has 0 N–H and O–H groups in total. The maximum Gasteiger partial charge on any atom is 0.312 e. The molecule has 0 fully saturated rings. The minimum atomic E-state index is -0.409. The van der Waals surface area contributed by atoms with Crippen LogP contribution >= 0.6 is 0 Å². The second kappa shape index (κ2) is 7.99. The Morgan fingerprint density at radius 2 is 1.89 bits per heavy atom. The van der Waals surface area contributed by atoms with Crippen LogP contribution in [0.3, 0.4) is 0 Å². The van der Waals surface area contributed by atoms with E-state index in [9.17, 15) is 14.9 Å². The van der Waals surface area contributed by atoms with Gasteiger partial charge in [-0.2, -0.15) is 5.10 Å². The minimum absolute atomic E-state index is 0.0452. The number of aromatic nitrogens is 3. The van der Waals surface area contributed by atoms with Crippen molar-refractivity contribution >= 4 is 11.6 Å². The Balaban J connectivity index is 1.70. The van der Waals surface area contributed by atoms with Crippen LogP contribution in [0.5, 0.6) is 0 Å². The number of benzene rings is 1. The van der Waals surface area contributed by atoms with Gasteiger partial charge in [-0.15, -0.1) is 0 Å². The summed E-state index contributed by atoms with van der Waals surface area (Å²) in [7, 11) is 1.75. The van der Waals surface area contributed by atoms with E-state index in [1.54, 1.807) is 55.0 Å². The SMILES string of the molecule is Cc1nn(Cc2ccc(C(=O)N(C)Cc3cccnc3)cc2)c(C)c1[N+](=O)[O-]. The van der Waals surface area contributed by atoms with Crippen molar-refractivity contribution in [3.8, 4) is 0 Å². The number of aryl methyl sites for hydroxylation is 1. The van der Waals surface area contributed by atoms with Crippen molar-refractivity contribution in [2.45, 2.75) is 26.9 Å². The van der Waals surface area contributed by atoms with E-state index in [2.05, 4.69) is 10.1 Å². The van der Waals surface area contributed by atoms with Gasteiger partial charge in [-0.3, -0.25) is 24.6 Å². The van der Waals surface area contributed by atoms with Gasteiger partial charge in [0, 0.05) is 31.5 Å². The van der Waals surface area contributed by atoms with Gasteiger partial charge in [0.15, 0.2) is 0 Å². The van der Waals surface area contributed by atoms with E-state index in [1.807, 2.05) is 24.3 Å². The monoisotopic (exact) mass is 379 g/mol. The zero-order valence-corrected chi connectivity index (χ0v) is 16.0. The average molecular weight is 379 g/mol. The molecule has 0 bridgehead atoms. The fourth-order valence-electron chi connectivity index (χ4n) is 3.09. The number of rotatable bonds is 6. The summed E-state index contributed by atoms with van der Waals surface area (Å²) in [5.41, 5.74) is 3.40. The molecule has 3 aromatic rings. The Morgan fingerprint density at radius 1 is 1.18 bits per heavy atom. The molecule has 3 rings (SSSR count). The summed E-state index contributed by atoms with van der Waals surface area (Å²) < 4.78 is 1.61. The Kier molecular flexibility index (Phi) is 5.49. The van der Waals surface area contributed by atoms with Crippen LogP contribution in [0, 0.1) is 24.0 Å². The summed E-state index contributed by atoms with van der Waals surface area (Å²) >= 11 is 0. The molecule has 8 heteroatoms. The first-order chi connectivity index (χ1) is 13.4. The lowest BCUT2D eigenvalue weighted by atomic mass is 10.1. The predicted molar refractivity (Wildman–Crippen MR) is 104 cm³/mol. The number of nitrogens with zero attached hydrogens (tertiary/aromatic N) is 5. The van der Waals surface area contributed by atoms with Gasteiger partial charge in [0.05, 0.1) is 11.5 Å². The zero-order chi connectivity index (χ0) is 20.3. The fraction of sp³-hybridized carbons (Fsp3) is 0.250. The molecule has 0 saturated carbocycles. The summed E-state index contributed by atoms with van der Waals surface area (Å²) in [6, 6.07) is 11.0. The van der Waals surface area contributed by atoms with E-state index in [0.29, 0.717) is 30.0 Å². The molecule has 0 atom stereocenters. The second-order valence-electron chi connectivity index (χ2n) is 6.65. The molecule has 1 aromatic carbocycles. The number of nitro groups is 1. The van der Waals surface area contributed by atoms with Crippen LogP contribution in [0.15, 0.2) is 48.8 Å². The third kappa shape index (κ3) is 4.06. The number of hydrogen-bond donors (Lipinski definition) is 0. The largest absolute Gasteiger partial charge is 0.337 e. The average Bonchev–Trinajstić information content (AvgIpc) is 2.96. The van der Waals surface area contributed by atoms with Crippen molar-refractivity contribution in [1.82, 2.24) is 19.7 Å². The molecule has 0 aliphatic rings. The van der Waals surface area contributed by atoms with E-state index < -0.39 is 4.92 Å². The van der Waals surface area contributed by atoms with Crippen LogP contribution in [0.2, 0.25) is 0 Å². The van der Waals surface area contributed by atoms with Crippen LogP contribution in [-0.2, 0) is 13.1 Å². The van der Waals surface area contributed by atoms with E-state index >= 15 is 0 Å². The number of carbonyl (C=O) groups excluding carboxylic acids is 1. The highest BCUT2D eigenvalue weighted by Gasteiger charge is 2.21. The van der Waals surface area contributed by atoms with E-state index in [4.69, 9.17) is 0 Å². The summed E-state index contributed by atoms with van der Waals surface area (Å²) in [5.74, 6) is -0.0860. The van der Waals surface area contributed by atoms with Crippen LogP contribution in [-0.4, -0.2) is 37.5 Å². The Bertz CT molecular complexity index is 997. The van der Waals surface area contributed by atoms with Gasteiger partial charge in [0.1, 0.15) is 11.4 Å². The second-order valence-corrected chi connectivity index (χ2v) is 6.65. The van der Waals surface area contributed by atoms with Crippen LogP contribution in [0.1, 0.15) is 32.9 Å². The number of amides is 1. The van der Waals surface area contributed by atoms with E-state index in [0.717, 1.165) is 11.1 Å². The predicted octanol–water partition coefficient (Wildman–Crippen LogP) is 3.12. The van der Waals surface area contributed by atoms with Gasteiger partial charge in [0.2, 0.25) is 0 Å². The summed E-state index contributed by atoms with van der Waals surface area (Å²) in [4.78, 5) is 29.0. The van der Waals surface area contributed by atoms with Gasteiger partial charge in [0.25, 0.3) is 5.91 Å². The maximum atomic E-state index is 12.6. The molecule has 2 aromatic heterocycles. The van der Waals surface area contributed by atoms with Crippen molar-refractivity contribution in [3.05, 3.63) is 87.0 Å². The van der Waals surface area contributed by atoms with Crippen molar-refractivity contribution in [3.63, 3.8) is 0 Å². The van der Waals surface area contributed by atoms with Crippen molar-refractivity contribution in [2.24, 2.45) is 0 Å². The first kappa shape index (κ1) is 19.2. The number of pyridine rings is 1. The highest BCUT2D eigenvalue weighted by molar-refractivity contribution is 5.94. The summed E-state index contributed by atoms with van der Waals surface area (Å²) in [6.45, 7) is 4.19. The molecule has 1 amide bonds. The Hall–Kier alpha value is -3.55. The fourth-order valence-corrected chi connectivity index (χ4v) is 3.09. The van der Waals surface area contributed by atoms with E-state index in [-0.39, 0.29) is 11.6 Å². The van der Waals surface area contributed by atoms with E-state index in [1.165, 1.54) is 0 Å². The lowest BCUT2D eigenvalue weighted by Crippen LogP contribution is -2.26. The van der Waals surface area contributed by atoms with Crippen molar-refractivity contribution < 1.29 is 9.72 Å². The molecule has 2 heterocycles. The molecule has 0 unspecified atom stereocenters. The lowest BCUT2D eigenvalue weighted by Gasteiger charge is -2.17. The first-order valence-electron chi connectivity index (χ1n) is 8.78. The number of carbonyl (C=O) groups is 1. The molecule has 0 spiro atoms. The van der Waals surface area contributed by atoms with Gasteiger partial charge < -0.3 is 4.90 Å². The quantitative estimate of drug-likeness (QED) is 0.484. The van der Waals surface area contributed by atoms with Crippen LogP contribution < -0.4 is 0 Å². The lowest BCUT2D eigenvalue weighted by molar-refractivity contribution is -0.386. The Morgan fingerprint density at radius 3 is 2.46 bits per heavy atom. The first-order valence-corrected chi connectivity index (χ1v) is 8.78. The van der Waals surface area contributed by atoms with Crippen molar-refractivity contribution in [2.75, 3.05) is 7.05 Å². The number of hydrogen-bond acceptors (Lipinski definition) is 5. The molecule has 0 radical (unpaired) electrons. The highest BCUT2D eigenvalue weighted by Crippen LogP contribution is 2.22. The normalized spacial score (nSPS) is 10.7. The smallest absolute Gasteiger partial charge is 0.312 e. The Labute approximate surface area is 162 Å². The zero-order valence-electron chi connectivity index (χ0n) is 16.0. The maximum absolute atomic E-state index is 12.6. The molecule has 0 saturated heterocycles. The standard InChI is InChI=1S/C20H21N5O3/c1-14-19(25(27)28)15(2)24(22-14)13-16-6-8-18(9-7-16)20(26)23(3)12-17-5-4-10-21-11-17/h4-11H,12-13H2,1-3H3. The van der Waals surface area contributed by atoms with Crippen molar-refractivity contribution in [1.29, 1.82) is 0 Å². The molecule has 0 aliphatic carbocycles. The molecule has 0 aliphatic heterocycles. The molecular formula is C20H21N5O3. The summed E-state index contributed by atoms with van der Waals surface area (Å²) in [6.07, 6.45) is 3.43. The van der Waals surface area contributed by atoms with Gasteiger partial charge in [-0.05, 0) is 43.2 Å². The van der Waals surface area contributed by atoms with Gasteiger partial charge in [-0.1, -0.05) is 18.2 Å². The highest BCUT2D eigenvalue weighted by atomic mass is 16.6. The van der Waals surface area contributed by atoms with Crippen LogP contribution in [0.4, 0.5) is 5.69 Å². The van der Waals surface area contributed by atoms with Gasteiger partial charge in [-0.25, -0.2) is 0 Å². The topological polar surface area (TPSA) is 94.2 Å². The minimum Gasteiger partial charge on any atom is -0.337 e.